The van der Waals surface area contributed by atoms with Gasteiger partial charge < -0.3 is 5.32 Å². The Hall–Kier alpha value is -1.45. The van der Waals surface area contributed by atoms with Gasteiger partial charge in [0.15, 0.2) is 0 Å². The molecule has 2 aromatic carbocycles. The Labute approximate surface area is 166 Å². The van der Waals surface area contributed by atoms with Crippen molar-refractivity contribution in [3.8, 4) is 0 Å². The van der Waals surface area contributed by atoms with E-state index in [9.17, 15) is 13.2 Å². The maximum Gasteiger partial charge on any atom is 0.242 e. The lowest BCUT2D eigenvalue weighted by Crippen LogP contribution is -2.33. The van der Waals surface area contributed by atoms with Crippen LogP contribution in [0.15, 0.2) is 51.8 Å². The Morgan fingerprint density at radius 2 is 1.88 bits per heavy atom. The Morgan fingerprint density at radius 1 is 1.19 bits per heavy atom. The highest BCUT2D eigenvalue weighted by Gasteiger charge is 2.19. The Balaban J connectivity index is 2.16. The first kappa shape index (κ1) is 20.9. The third-order valence-electron chi connectivity index (χ3n) is 3.38. The highest BCUT2D eigenvalue weighted by atomic mass is 79.9. The number of nitrogens with one attached hydrogen (secondary N) is 2. The van der Waals surface area contributed by atoms with Crippen LogP contribution in [0.2, 0.25) is 5.02 Å². The van der Waals surface area contributed by atoms with Gasteiger partial charge in [-0.2, -0.15) is 4.72 Å². The molecule has 0 aliphatic heterocycles. The van der Waals surface area contributed by atoms with Crippen molar-refractivity contribution in [1.82, 2.24) is 9.62 Å². The molecule has 0 radical (unpaired) electrons. The molecule has 2 aromatic rings. The summed E-state index contributed by atoms with van der Waals surface area (Å²) < 4.78 is 27.8. The molecular formula is C17H19BrClN3O3S. The molecule has 26 heavy (non-hydrogen) atoms. The Kier molecular flexibility index (Phi) is 7.19. The predicted octanol–water partition coefficient (Wildman–Crippen LogP) is 3.08. The molecule has 0 aliphatic carbocycles. The fraction of sp³-hybridized carbons (Fsp3) is 0.235. The third kappa shape index (κ3) is 5.78. The summed E-state index contributed by atoms with van der Waals surface area (Å²) in [5, 5.41) is 3.21. The van der Waals surface area contributed by atoms with E-state index in [4.69, 9.17) is 11.6 Å². The van der Waals surface area contributed by atoms with Gasteiger partial charge in [0.1, 0.15) is 0 Å². The van der Waals surface area contributed by atoms with E-state index in [0.717, 1.165) is 0 Å². The molecule has 0 bridgehead atoms. The number of rotatable bonds is 7. The van der Waals surface area contributed by atoms with Crippen molar-refractivity contribution in [3.05, 3.63) is 57.5 Å². The van der Waals surface area contributed by atoms with Gasteiger partial charge in [0, 0.05) is 15.2 Å². The standard InChI is InChI=1S/C17H19BrClN3O3S/c1-22(2)11-20-26(24,25)16-10-13(7-8-14(16)18)21-17(23)9-12-5-3-4-6-15(12)19/h3-8,10,20H,9,11H2,1-2H3,(H,21,23). The van der Waals surface area contributed by atoms with Crippen molar-refractivity contribution in [2.24, 2.45) is 0 Å². The zero-order valence-corrected chi connectivity index (χ0v) is 17.5. The average molecular weight is 461 g/mol. The van der Waals surface area contributed by atoms with Gasteiger partial charge >= 0.3 is 0 Å². The Bertz CT molecular complexity index is 904. The number of hydrogen-bond donors (Lipinski definition) is 2. The van der Waals surface area contributed by atoms with Gasteiger partial charge in [-0.1, -0.05) is 29.8 Å². The smallest absolute Gasteiger partial charge is 0.242 e. The summed E-state index contributed by atoms with van der Waals surface area (Å²) in [6, 6.07) is 11.7. The van der Waals surface area contributed by atoms with Crippen molar-refractivity contribution < 1.29 is 13.2 Å². The molecule has 1 amide bonds. The van der Waals surface area contributed by atoms with Crippen LogP contribution in [0, 0.1) is 0 Å². The van der Waals surface area contributed by atoms with Crippen LogP contribution in [0.5, 0.6) is 0 Å². The predicted molar refractivity (Wildman–Crippen MR) is 107 cm³/mol. The van der Waals surface area contributed by atoms with Crippen molar-refractivity contribution in [2.45, 2.75) is 11.3 Å². The van der Waals surface area contributed by atoms with Gasteiger partial charge in [0.2, 0.25) is 15.9 Å². The number of carbonyl (C=O) groups is 1. The van der Waals surface area contributed by atoms with E-state index in [1.165, 1.54) is 6.07 Å². The molecule has 0 fully saturated rings. The normalized spacial score (nSPS) is 11.6. The number of halogens is 2. The van der Waals surface area contributed by atoms with E-state index < -0.39 is 10.0 Å². The quantitative estimate of drug-likeness (QED) is 0.623. The molecule has 140 valence electrons. The molecule has 0 aromatic heterocycles. The minimum absolute atomic E-state index is 0.0508. The number of amides is 1. The molecule has 0 saturated heterocycles. The summed E-state index contributed by atoms with van der Waals surface area (Å²) in [5.74, 6) is -0.287. The van der Waals surface area contributed by atoms with E-state index in [2.05, 4.69) is 26.0 Å². The van der Waals surface area contributed by atoms with Gasteiger partial charge in [0.25, 0.3) is 0 Å². The van der Waals surface area contributed by atoms with E-state index in [0.29, 0.717) is 20.7 Å². The molecule has 2 rings (SSSR count). The summed E-state index contributed by atoms with van der Waals surface area (Å²) in [6.07, 6.45) is 0.0939. The monoisotopic (exact) mass is 459 g/mol. The Morgan fingerprint density at radius 3 is 2.54 bits per heavy atom. The summed E-state index contributed by atoms with van der Waals surface area (Å²) in [7, 11) is -0.215. The van der Waals surface area contributed by atoms with E-state index >= 15 is 0 Å². The van der Waals surface area contributed by atoms with Crippen molar-refractivity contribution >= 4 is 49.1 Å². The lowest BCUT2D eigenvalue weighted by Gasteiger charge is -2.14. The van der Waals surface area contributed by atoms with Crippen LogP contribution in [0.4, 0.5) is 5.69 Å². The maximum atomic E-state index is 12.4. The van der Waals surface area contributed by atoms with Crippen LogP contribution in [0.3, 0.4) is 0 Å². The first-order valence-electron chi connectivity index (χ1n) is 7.66. The van der Waals surface area contributed by atoms with Gasteiger partial charge in [-0.15, -0.1) is 0 Å². The maximum absolute atomic E-state index is 12.4. The SMILES string of the molecule is CN(C)CNS(=O)(=O)c1cc(NC(=O)Cc2ccccc2Cl)ccc1Br. The molecule has 0 unspecified atom stereocenters. The van der Waals surface area contributed by atoms with E-state index in [1.54, 1.807) is 55.4 Å². The summed E-state index contributed by atoms with van der Waals surface area (Å²) in [4.78, 5) is 14.0. The minimum Gasteiger partial charge on any atom is -0.326 e. The van der Waals surface area contributed by atoms with Gasteiger partial charge in [-0.25, -0.2) is 8.42 Å². The van der Waals surface area contributed by atoms with Crippen LogP contribution in [0.25, 0.3) is 0 Å². The number of anilines is 1. The number of benzene rings is 2. The van der Waals surface area contributed by atoms with Gasteiger partial charge in [0.05, 0.1) is 18.0 Å². The zero-order valence-electron chi connectivity index (χ0n) is 14.3. The van der Waals surface area contributed by atoms with E-state index in [1.807, 2.05) is 0 Å². The second-order valence-corrected chi connectivity index (χ2v) is 8.84. The fourth-order valence-electron chi connectivity index (χ4n) is 2.10. The highest BCUT2D eigenvalue weighted by Crippen LogP contribution is 2.25. The average Bonchev–Trinajstić information content (AvgIpc) is 2.57. The molecule has 0 aliphatic rings. The van der Waals surface area contributed by atoms with Crippen LogP contribution in [-0.2, 0) is 21.2 Å². The minimum atomic E-state index is -3.72. The zero-order chi connectivity index (χ0) is 19.3. The van der Waals surface area contributed by atoms with Gasteiger partial charge in [-0.05, 0) is 59.9 Å². The molecule has 9 heteroatoms. The third-order valence-corrected chi connectivity index (χ3v) is 6.13. The fourth-order valence-corrected chi connectivity index (χ4v) is 4.38. The van der Waals surface area contributed by atoms with Crippen molar-refractivity contribution in [1.29, 1.82) is 0 Å². The van der Waals surface area contributed by atoms with Crippen LogP contribution < -0.4 is 10.0 Å². The van der Waals surface area contributed by atoms with Crippen LogP contribution >= 0.6 is 27.5 Å². The number of carbonyl (C=O) groups excluding carboxylic acids is 1. The lowest BCUT2D eigenvalue weighted by molar-refractivity contribution is -0.115. The highest BCUT2D eigenvalue weighted by molar-refractivity contribution is 9.10. The van der Waals surface area contributed by atoms with Crippen molar-refractivity contribution in [2.75, 3.05) is 26.1 Å². The number of hydrogen-bond acceptors (Lipinski definition) is 4. The molecule has 0 saturated carbocycles. The molecular weight excluding hydrogens is 442 g/mol. The second-order valence-electron chi connectivity index (χ2n) is 5.85. The first-order chi connectivity index (χ1) is 12.2. The summed E-state index contributed by atoms with van der Waals surface area (Å²) >= 11 is 9.30. The van der Waals surface area contributed by atoms with Gasteiger partial charge in [-0.3, -0.25) is 9.69 Å². The van der Waals surface area contributed by atoms with Crippen LogP contribution in [-0.4, -0.2) is 40.0 Å². The number of sulfonamides is 1. The first-order valence-corrected chi connectivity index (χ1v) is 10.3. The van der Waals surface area contributed by atoms with Crippen molar-refractivity contribution in [3.63, 3.8) is 0 Å². The molecule has 0 atom stereocenters. The lowest BCUT2D eigenvalue weighted by atomic mass is 10.1. The molecule has 0 heterocycles. The molecule has 0 spiro atoms. The number of nitrogens with zero attached hydrogens (tertiary/aromatic N) is 1. The molecule has 6 nitrogen and oxygen atoms in total. The topological polar surface area (TPSA) is 78.5 Å². The summed E-state index contributed by atoms with van der Waals surface area (Å²) in [5.41, 5.74) is 1.08. The summed E-state index contributed by atoms with van der Waals surface area (Å²) in [6.45, 7) is 0.165. The largest absolute Gasteiger partial charge is 0.326 e. The molecule has 2 N–H and O–H groups in total. The second kappa shape index (κ2) is 8.96. The van der Waals surface area contributed by atoms with E-state index in [-0.39, 0.29) is 23.9 Å². The van der Waals surface area contributed by atoms with Crippen LogP contribution in [0.1, 0.15) is 5.56 Å².